The summed E-state index contributed by atoms with van der Waals surface area (Å²) < 4.78 is 102. The highest BCUT2D eigenvalue weighted by atomic mass is 32.2. The van der Waals surface area contributed by atoms with Crippen LogP contribution < -0.4 is 0 Å². The maximum Gasteiger partial charge on any atom is 0.431 e. The van der Waals surface area contributed by atoms with Crippen LogP contribution in [-0.4, -0.2) is 36.9 Å². The van der Waals surface area contributed by atoms with Gasteiger partial charge in [-0.3, -0.25) is 4.55 Å². The van der Waals surface area contributed by atoms with E-state index in [9.17, 15) is 26.0 Å². The Kier molecular flexibility index (Phi) is 4.14. The van der Waals surface area contributed by atoms with Gasteiger partial charge in [-0.15, -0.1) is 0 Å². The fourth-order valence-corrected chi connectivity index (χ4v) is 7.00. The highest BCUT2D eigenvalue weighted by Crippen LogP contribution is 2.67. The van der Waals surface area contributed by atoms with Gasteiger partial charge in [0.1, 0.15) is 0 Å². The highest BCUT2D eigenvalue weighted by Gasteiger charge is 2.75. The average molecular weight is 484 g/mol. The van der Waals surface area contributed by atoms with Crippen LogP contribution in [0.4, 0.5) is 17.6 Å². The van der Waals surface area contributed by atoms with Crippen molar-refractivity contribution in [2.45, 2.75) is 42.3 Å². The Morgan fingerprint density at radius 3 is 2.06 bits per heavy atom. The van der Waals surface area contributed by atoms with Gasteiger partial charge in [-0.05, 0) is 41.7 Å². The lowest BCUT2D eigenvalue weighted by atomic mass is 9.76. The Morgan fingerprint density at radius 2 is 1.48 bits per heavy atom. The molecule has 2 saturated carbocycles. The third-order valence-electron chi connectivity index (χ3n) is 7.88. The fourth-order valence-electron chi connectivity index (χ4n) is 6.51. The molecule has 1 heterocycles. The van der Waals surface area contributed by atoms with E-state index >= 15 is 0 Å². The first-order valence-electron chi connectivity index (χ1n) is 10.7. The number of halogens is 4. The fraction of sp³-hybridized carbons (Fsp3) is 0.478. The first-order valence-corrected chi connectivity index (χ1v) is 12.1. The zero-order valence-corrected chi connectivity index (χ0v) is 18.0. The van der Waals surface area contributed by atoms with E-state index in [1.165, 1.54) is 0 Å². The minimum absolute atomic E-state index is 0.00664. The number of alkyl halides is 4. The van der Waals surface area contributed by atoms with Gasteiger partial charge in [-0.25, -0.2) is 0 Å². The molecule has 176 valence electrons. The first-order chi connectivity index (χ1) is 15.4. The van der Waals surface area contributed by atoms with E-state index in [4.69, 9.17) is 14.0 Å². The van der Waals surface area contributed by atoms with Gasteiger partial charge in [-0.1, -0.05) is 48.5 Å². The van der Waals surface area contributed by atoms with Crippen molar-refractivity contribution < 1.29 is 40.0 Å². The lowest BCUT2D eigenvalue weighted by Gasteiger charge is -2.39. The molecule has 0 amide bonds. The molecule has 4 aliphatic rings. The van der Waals surface area contributed by atoms with Crippen molar-refractivity contribution in [1.29, 1.82) is 0 Å². The molecule has 0 radical (unpaired) electrons. The second-order valence-electron chi connectivity index (χ2n) is 9.65. The Labute approximate surface area is 187 Å². The predicted molar refractivity (Wildman–Crippen MR) is 108 cm³/mol. The molecule has 2 spiro atoms. The third kappa shape index (κ3) is 2.60. The molecule has 2 aromatic carbocycles. The zero-order chi connectivity index (χ0) is 23.4. The maximum atomic E-state index is 15.0. The summed E-state index contributed by atoms with van der Waals surface area (Å²) in [5.41, 5.74) is 2.38. The van der Waals surface area contributed by atoms with E-state index in [-0.39, 0.29) is 19.4 Å². The van der Waals surface area contributed by atoms with Crippen LogP contribution in [0.1, 0.15) is 30.4 Å². The Balaban J connectivity index is 1.43. The van der Waals surface area contributed by atoms with E-state index in [0.29, 0.717) is 6.42 Å². The second kappa shape index (κ2) is 6.35. The lowest BCUT2D eigenvalue weighted by Crippen LogP contribution is -2.54. The summed E-state index contributed by atoms with van der Waals surface area (Å²) >= 11 is 0. The molecule has 33 heavy (non-hydrogen) atoms. The van der Waals surface area contributed by atoms with Crippen LogP contribution >= 0.6 is 0 Å². The van der Waals surface area contributed by atoms with E-state index < -0.39 is 50.4 Å². The van der Waals surface area contributed by atoms with E-state index in [2.05, 4.69) is 0 Å². The van der Waals surface area contributed by atoms with Crippen LogP contribution in [0.15, 0.2) is 48.5 Å². The molecule has 1 aliphatic heterocycles. The van der Waals surface area contributed by atoms with Crippen LogP contribution in [0.5, 0.6) is 0 Å². The van der Waals surface area contributed by atoms with Crippen LogP contribution in [0, 0.1) is 17.3 Å². The van der Waals surface area contributed by atoms with Gasteiger partial charge in [0.2, 0.25) is 5.79 Å². The van der Waals surface area contributed by atoms with Crippen molar-refractivity contribution in [3.05, 3.63) is 59.7 Å². The van der Waals surface area contributed by atoms with Crippen molar-refractivity contribution in [3.63, 3.8) is 0 Å². The van der Waals surface area contributed by atoms with Crippen molar-refractivity contribution in [3.8, 4) is 11.1 Å². The molecular weight excluding hydrogens is 464 g/mol. The molecule has 4 atom stereocenters. The molecular formula is C23H20F4O5S. The minimum Gasteiger partial charge on any atom is -0.342 e. The number of rotatable bonds is 3. The number of ether oxygens (including phenoxy) is 2. The molecule has 1 saturated heterocycles. The standard InChI is InChI=1S/C23H20F4O5S/c24-22(25,23(26,27)33(28,29)30)18-10-20-9-15(18)19(11-20)32-21(31-12-20)16-7-3-1-5-13(16)14-6-2-4-8-17(14)21/h1-8,15,18-19H,9-12H2,(H,28,29,30). The third-order valence-corrected chi connectivity index (χ3v) is 8.80. The summed E-state index contributed by atoms with van der Waals surface area (Å²) in [6.45, 7) is 0.00664. The Morgan fingerprint density at radius 1 is 0.909 bits per heavy atom. The molecule has 2 aromatic rings. The summed E-state index contributed by atoms with van der Waals surface area (Å²) in [5, 5.41) is -5.60. The Bertz CT molecular complexity index is 1220. The number of benzene rings is 2. The quantitative estimate of drug-likeness (QED) is 0.500. The van der Waals surface area contributed by atoms with E-state index in [1.54, 1.807) is 0 Å². The monoisotopic (exact) mass is 484 g/mol. The van der Waals surface area contributed by atoms with Crippen LogP contribution in [0.2, 0.25) is 0 Å². The predicted octanol–water partition coefficient (Wildman–Crippen LogP) is 4.82. The van der Waals surface area contributed by atoms with E-state index in [1.807, 2.05) is 48.5 Å². The van der Waals surface area contributed by atoms with Crippen LogP contribution in [0.25, 0.3) is 11.1 Å². The molecule has 3 aliphatic carbocycles. The lowest BCUT2D eigenvalue weighted by molar-refractivity contribution is -0.252. The largest absolute Gasteiger partial charge is 0.431 e. The molecule has 1 N–H and O–H groups in total. The van der Waals surface area contributed by atoms with Crippen molar-refractivity contribution in [2.24, 2.45) is 17.3 Å². The maximum absolute atomic E-state index is 15.0. The first kappa shape index (κ1) is 21.5. The molecule has 3 bridgehead atoms. The smallest absolute Gasteiger partial charge is 0.342 e. The highest BCUT2D eigenvalue weighted by molar-refractivity contribution is 7.87. The summed E-state index contributed by atoms with van der Waals surface area (Å²) in [4.78, 5) is 0. The van der Waals surface area contributed by atoms with Crippen molar-refractivity contribution in [1.82, 2.24) is 0 Å². The van der Waals surface area contributed by atoms with Gasteiger partial charge < -0.3 is 9.47 Å². The zero-order valence-electron chi connectivity index (χ0n) is 17.2. The second-order valence-corrected chi connectivity index (χ2v) is 11.1. The van der Waals surface area contributed by atoms with Crippen LogP contribution in [0.3, 0.4) is 0 Å². The van der Waals surface area contributed by atoms with Gasteiger partial charge in [0.25, 0.3) is 0 Å². The van der Waals surface area contributed by atoms with E-state index in [0.717, 1.165) is 22.3 Å². The van der Waals surface area contributed by atoms with Crippen LogP contribution in [-0.2, 0) is 25.4 Å². The van der Waals surface area contributed by atoms with Crippen molar-refractivity contribution >= 4 is 10.1 Å². The average Bonchev–Trinajstić information content (AvgIpc) is 3.36. The molecule has 6 rings (SSSR count). The molecule has 4 unspecified atom stereocenters. The SMILES string of the molecule is O=S(=O)(O)C(F)(F)C(F)(F)C1CC23COC4(OC(C2)C1C3)c1ccccc1-c1ccccc14. The van der Waals surface area contributed by atoms with Gasteiger partial charge >= 0.3 is 21.3 Å². The van der Waals surface area contributed by atoms with Gasteiger partial charge in [-0.2, -0.15) is 26.0 Å². The number of hydrogen-bond donors (Lipinski definition) is 1. The molecule has 0 aromatic heterocycles. The summed E-state index contributed by atoms with van der Waals surface area (Å²) in [6.07, 6.45) is -0.657. The summed E-state index contributed by atoms with van der Waals surface area (Å²) in [6, 6.07) is 14.9. The van der Waals surface area contributed by atoms with Crippen molar-refractivity contribution in [2.75, 3.05) is 6.61 Å². The minimum atomic E-state index is -6.31. The van der Waals surface area contributed by atoms with Gasteiger partial charge in [0.05, 0.1) is 12.7 Å². The Hall–Kier alpha value is -2.01. The molecule has 10 heteroatoms. The molecule has 5 nitrogen and oxygen atoms in total. The number of hydrogen-bond acceptors (Lipinski definition) is 4. The summed E-state index contributed by atoms with van der Waals surface area (Å²) in [7, 11) is -6.31. The topological polar surface area (TPSA) is 72.8 Å². The van der Waals surface area contributed by atoms with Gasteiger partial charge in [0.15, 0.2) is 0 Å². The molecule has 3 fully saturated rings. The summed E-state index contributed by atoms with van der Waals surface area (Å²) in [5.74, 6) is -9.29. The van der Waals surface area contributed by atoms with Gasteiger partial charge in [0, 0.05) is 17.0 Å². The normalized spacial score (nSPS) is 32.0. The number of fused-ring (bicyclic) bond motifs is 8.